The number of benzene rings is 2. The molecule has 1 aliphatic carbocycles. The Morgan fingerprint density at radius 3 is 2.70 bits per heavy atom. The minimum atomic E-state index is -0.243. The Balaban J connectivity index is 1.50. The molecule has 1 amide bonds. The maximum atomic E-state index is 12.9. The van der Waals surface area contributed by atoms with Crippen LogP contribution in [-0.4, -0.2) is 33.1 Å². The van der Waals surface area contributed by atoms with Crippen molar-refractivity contribution in [2.75, 3.05) is 0 Å². The Morgan fingerprint density at radius 2 is 2.00 bits per heavy atom. The molecule has 5 nitrogen and oxygen atoms in total. The fourth-order valence-electron chi connectivity index (χ4n) is 3.64. The Labute approximate surface area is 158 Å². The summed E-state index contributed by atoms with van der Waals surface area (Å²) < 4.78 is 0. The number of aromatic amines is 1. The summed E-state index contributed by atoms with van der Waals surface area (Å²) in [5.41, 5.74) is 2.68. The van der Waals surface area contributed by atoms with Crippen LogP contribution in [0, 0.1) is 5.92 Å². The summed E-state index contributed by atoms with van der Waals surface area (Å²) in [4.78, 5) is 20.2. The van der Waals surface area contributed by atoms with Crippen molar-refractivity contribution in [1.29, 1.82) is 0 Å². The number of imidazole rings is 1. The third-order valence-electron chi connectivity index (χ3n) is 5.23. The van der Waals surface area contributed by atoms with Crippen LogP contribution in [0.4, 0.5) is 0 Å². The van der Waals surface area contributed by atoms with E-state index in [-0.39, 0.29) is 18.1 Å². The quantitative estimate of drug-likeness (QED) is 0.631. The van der Waals surface area contributed by atoms with E-state index in [2.05, 4.69) is 27.4 Å². The lowest BCUT2D eigenvalue weighted by Gasteiger charge is -2.38. The number of aliphatic hydroxyl groups is 1. The van der Waals surface area contributed by atoms with Gasteiger partial charge in [-0.1, -0.05) is 42.5 Å². The summed E-state index contributed by atoms with van der Waals surface area (Å²) in [5, 5.41) is 12.9. The molecule has 0 saturated heterocycles. The molecular formula is C22H23N3O2. The molecule has 2 aromatic carbocycles. The zero-order valence-corrected chi connectivity index (χ0v) is 15.0. The van der Waals surface area contributed by atoms with Gasteiger partial charge >= 0.3 is 0 Å². The molecule has 1 saturated carbocycles. The molecule has 0 spiro atoms. The minimum absolute atomic E-state index is 0.00979. The van der Waals surface area contributed by atoms with Crippen molar-refractivity contribution in [3.63, 3.8) is 0 Å². The first-order valence-electron chi connectivity index (χ1n) is 9.31. The third kappa shape index (κ3) is 4.09. The monoisotopic (exact) mass is 361 g/mol. The first-order valence-corrected chi connectivity index (χ1v) is 9.31. The lowest BCUT2D eigenvalue weighted by molar-refractivity contribution is 0.0239. The maximum Gasteiger partial charge on any atom is 0.251 e. The number of rotatable bonds is 6. The van der Waals surface area contributed by atoms with Crippen molar-refractivity contribution in [1.82, 2.24) is 15.3 Å². The predicted molar refractivity (Wildman–Crippen MR) is 104 cm³/mol. The number of nitrogens with one attached hydrogen (secondary N) is 2. The number of aliphatic hydroxyl groups excluding tert-OH is 1. The van der Waals surface area contributed by atoms with Crippen molar-refractivity contribution in [2.45, 2.75) is 31.4 Å². The van der Waals surface area contributed by atoms with Crippen LogP contribution in [0.2, 0.25) is 0 Å². The highest BCUT2D eigenvalue weighted by molar-refractivity contribution is 5.95. The summed E-state index contributed by atoms with van der Waals surface area (Å²) >= 11 is 0. The highest BCUT2D eigenvalue weighted by Crippen LogP contribution is 2.32. The number of carbonyl (C=O) groups excluding carboxylic acids is 1. The Morgan fingerprint density at radius 1 is 1.19 bits per heavy atom. The minimum Gasteiger partial charge on any atom is -0.393 e. The van der Waals surface area contributed by atoms with Gasteiger partial charge in [0.2, 0.25) is 0 Å². The Bertz CT molecular complexity index is 887. The van der Waals surface area contributed by atoms with Gasteiger partial charge in [-0.3, -0.25) is 4.79 Å². The molecule has 138 valence electrons. The Hall–Kier alpha value is -2.92. The SMILES string of the molecule is O=C(N[C@@H](Cc1ccccc1)C1CC(O)C1)c1cccc(-c2ncc[nH]2)c1. The fraction of sp³-hybridized carbons (Fsp3) is 0.273. The number of carbonyl (C=O) groups is 1. The number of hydrogen-bond donors (Lipinski definition) is 3. The molecule has 0 bridgehead atoms. The van der Waals surface area contributed by atoms with Crippen molar-refractivity contribution in [3.8, 4) is 11.4 Å². The zero-order chi connectivity index (χ0) is 18.6. The second-order valence-corrected chi connectivity index (χ2v) is 7.17. The van der Waals surface area contributed by atoms with Gasteiger partial charge in [-0.15, -0.1) is 0 Å². The molecule has 1 fully saturated rings. The van der Waals surface area contributed by atoms with Crippen molar-refractivity contribution in [3.05, 3.63) is 78.1 Å². The van der Waals surface area contributed by atoms with E-state index in [1.54, 1.807) is 12.4 Å². The number of aromatic nitrogens is 2. The van der Waals surface area contributed by atoms with Crippen LogP contribution in [-0.2, 0) is 6.42 Å². The van der Waals surface area contributed by atoms with E-state index < -0.39 is 0 Å². The standard InChI is InChI=1S/C22H23N3O2/c26-19-13-18(14-19)20(11-15-5-2-1-3-6-15)25-22(27)17-8-4-7-16(12-17)21-23-9-10-24-21/h1-10,12,18-20,26H,11,13-14H2,(H,23,24)(H,25,27)/t18?,19?,20-/m0/s1. The summed E-state index contributed by atoms with van der Waals surface area (Å²) in [7, 11) is 0. The van der Waals surface area contributed by atoms with Crippen LogP contribution in [0.1, 0.15) is 28.8 Å². The van der Waals surface area contributed by atoms with Crippen LogP contribution >= 0.6 is 0 Å². The van der Waals surface area contributed by atoms with Gasteiger partial charge < -0.3 is 15.4 Å². The largest absolute Gasteiger partial charge is 0.393 e. The molecule has 5 heteroatoms. The van der Waals surface area contributed by atoms with E-state index in [4.69, 9.17) is 0 Å². The van der Waals surface area contributed by atoms with Crippen LogP contribution < -0.4 is 5.32 Å². The van der Waals surface area contributed by atoms with Gasteiger partial charge in [0.25, 0.3) is 5.91 Å². The van der Waals surface area contributed by atoms with Crippen LogP contribution in [0.25, 0.3) is 11.4 Å². The van der Waals surface area contributed by atoms with Gasteiger partial charge in [-0.05, 0) is 42.9 Å². The van der Waals surface area contributed by atoms with Gasteiger partial charge in [-0.2, -0.15) is 0 Å². The molecule has 0 unspecified atom stereocenters. The van der Waals surface area contributed by atoms with Crippen LogP contribution in [0.15, 0.2) is 67.0 Å². The molecule has 3 aromatic rings. The lowest BCUT2D eigenvalue weighted by atomic mass is 9.75. The summed E-state index contributed by atoms with van der Waals surface area (Å²) in [6.07, 6.45) is 5.46. The van der Waals surface area contributed by atoms with Crippen molar-refractivity contribution < 1.29 is 9.90 Å². The predicted octanol–water partition coefficient (Wildman–Crippen LogP) is 3.19. The molecule has 27 heavy (non-hydrogen) atoms. The molecule has 1 atom stereocenters. The van der Waals surface area contributed by atoms with E-state index >= 15 is 0 Å². The average molecular weight is 361 g/mol. The van der Waals surface area contributed by atoms with Gasteiger partial charge in [0.05, 0.1) is 6.10 Å². The second-order valence-electron chi connectivity index (χ2n) is 7.17. The number of hydrogen-bond acceptors (Lipinski definition) is 3. The van der Waals surface area contributed by atoms with Gasteiger partial charge in [0.15, 0.2) is 0 Å². The molecule has 0 aliphatic heterocycles. The number of amides is 1. The summed E-state index contributed by atoms with van der Waals surface area (Å²) in [6, 6.07) is 17.6. The topological polar surface area (TPSA) is 78.0 Å². The highest BCUT2D eigenvalue weighted by atomic mass is 16.3. The van der Waals surface area contributed by atoms with Crippen LogP contribution in [0.3, 0.4) is 0 Å². The third-order valence-corrected chi connectivity index (χ3v) is 5.23. The first-order chi connectivity index (χ1) is 13.2. The van der Waals surface area contributed by atoms with E-state index in [0.717, 1.165) is 30.7 Å². The highest BCUT2D eigenvalue weighted by Gasteiger charge is 2.34. The molecule has 3 N–H and O–H groups in total. The smallest absolute Gasteiger partial charge is 0.251 e. The van der Waals surface area contributed by atoms with Crippen molar-refractivity contribution in [2.24, 2.45) is 5.92 Å². The van der Waals surface area contributed by atoms with E-state index in [0.29, 0.717) is 11.5 Å². The van der Waals surface area contributed by atoms with E-state index in [9.17, 15) is 9.90 Å². The molecule has 0 radical (unpaired) electrons. The summed E-state index contributed by atoms with van der Waals surface area (Å²) in [6.45, 7) is 0. The maximum absolute atomic E-state index is 12.9. The molecule has 1 aliphatic rings. The average Bonchev–Trinajstić information content (AvgIpc) is 3.21. The number of H-pyrrole nitrogens is 1. The normalized spacial score (nSPS) is 19.9. The Kier molecular flexibility index (Phi) is 5.03. The van der Waals surface area contributed by atoms with Crippen LogP contribution in [0.5, 0.6) is 0 Å². The first kappa shape index (κ1) is 17.5. The molecule has 4 rings (SSSR count). The molecular weight excluding hydrogens is 338 g/mol. The van der Waals surface area contributed by atoms with Crippen molar-refractivity contribution >= 4 is 5.91 Å². The summed E-state index contributed by atoms with van der Waals surface area (Å²) in [5.74, 6) is 0.954. The fourth-order valence-corrected chi connectivity index (χ4v) is 3.64. The molecule has 1 aromatic heterocycles. The zero-order valence-electron chi connectivity index (χ0n) is 15.0. The lowest BCUT2D eigenvalue weighted by Crippen LogP contribution is -2.48. The second kappa shape index (κ2) is 7.76. The van der Waals surface area contributed by atoms with Gasteiger partial charge in [0.1, 0.15) is 5.82 Å². The van der Waals surface area contributed by atoms with Gasteiger partial charge in [0, 0.05) is 29.6 Å². The molecule has 1 heterocycles. The van der Waals surface area contributed by atoms with E-state index in [1.807, 2.05) is 42.5 Å². The number of nitrogens with zero attached hydrogens (tertiary/aromatic N) is 1. The van der Waals surface area contributed by atoms with E-state index in [1.165, 1.54) is 5.56 Å². The van der Waals surface area contributed by atoms with Gasteiger partial charge in [-0.25, -0.2) is 4.98 Å².